The number of nitrogens with zero attached hydrogens (tertiary/aromatic N) is 1. The molecule has 1 atom stereocenters. The van der Waals surface area contributed by atoms with Gasteiger partial charge in [-0.15, -0.1) is 0 Å². The summed E-state index contributed by atoms with van der Waals surface area (Å²) in [4.78, 5) is 13.0. The number of carbonyl (C=O) groups is 1. The van der Waals surface area contributed by atoms with Crippen LogP contribution in [0.25, 0.3) is 10.9 Å². The molecule has 21 heavy (non-hydrogen) atoms. The smallest absolute Gasteiger partial charge is 0.407 e. The molecule has 3 rings (SSSR count). The zero-order valence-corrected chi connectivity index (χ0v) is 11.4. The minimum absolute atomic E-state index is 0.124. The van der Waals surface area contributed by atoms with E-state index in [1.807, 2.05) is 6.07 Å². The second-order valence-corrected chi connectivity index (χ2v) is 5.10. The number of cyclic esters (lactones) is 1. The van der Waals surface area contributed by atoms with Gasteiger partial charge in [0, 0.05) is 31.9 Å². The lowest BCUT2D eigenvalue weighted by molar-refractivity contribution is 0.177. The minimum atomic E-state index is -2.76. The summed E-state index contributed by atoms with van der Waals surface area (Å²) >= 11 is 0. The van der Waals surface area contributed by atoms with Gasteiger partial charge in [-0.1, -0.05) is 6.07 Å². The van der Waals surface area contributed by atoms with Crippen LogP contribution in [0, 0.1) is 0 Å². The van der Waals surface area contributed by atoms with Crippen molar-refractivity contribution >= 4 is 17.0 Å². The number of H-pyrrole nitrogens is 1. The summed E-state index contributed by atoms with van der Waals surface area (Å²) in [5, 5.41) is 1.50. The number of aromatic nitrogens is 1. The molecule has 0 saturated carbocycles. The van der Waals surface area contributed by atoms with E-state index in [0.29, 0.717) is 27.8 Å². The highest BCUT2D eigenvalue weighted by molar-refractivity contribution is 5.84. The zero-order valence-electron chi connectivity index (χ0n) is 19.4. The van der Waals surface area contributed by atoms with E-state index in [1.54, 1.807) is 12.1 Å². The Bertz CT molecular complexity index is 894. The normalized spacial score (nSPS) is 25.5. The zero-order chi connectivity index (χ0) is 21.6. The van der Waals surface area contributed by atoms with E-state index >= 15 is 0 Å². The Kier molecular flexibility index (Phi) is 2.01. The lowest BCUT2D eigenvalue weighted by atomic mass is 10.0. The van der Waals surface area contributed by atoms with E-state index in [-0.39, 0.29) is 19.6 Å². The summed E-state index contributed by atoms with van der Waals surface area (Å²) in [6.07, 6.45) is 1.37. The van der Waals surface area contributed by atoms with Crippen LogP contribution in [0.2, 0.25) is 2.82 Å². The van der Waals surface area contributed by atoms with E-state index in [4.69, 9.17) is 15.8 Å². The average Bonchev–Trinajstić information content (AvgIpc) is 3.07. The number of fused-ring (bicyclic) bond motifs is 1. The quantitative estimate of drug-likeness (QED) is 0.886. The Labute approximate surface area is 135 Å². The molecule has 0 bridgehead atoms. The van der Waals surface area contributed by atoms with Gasteiger partial charge in [0.25, 0.3) is 0 Å². The van der Waals surface area contributed by atoms with Gasteiger partial charge in [0.2, 0.25) is 0 Å². The van der Waals surface area contributed by atoms with Crippen LogP contribution in [-0.4, -0.2) is 49.1 Å². The van der Waals surface area contributed by atoms with Gasteiger partial charge in [-0.25, -0.2) is 4.79 Å². The molecule has 1 aliphatic heterocycles. The number of likely N-dealkylation sites (N-methyl/N-ethyl adjacent to an activating group) is 1. The molecular weight excluding hydrogens is 266 g/mol. The molecule has 5 heteroatoms. The van der Waals surface area contributed by atoms with Crippen molar-refractivity contribution in [3.8, 4) is 0 Å². The molecule has 0 unspecified atom stereocenters. The molecule has 1 fully saturated rings. The van der Waals surface area contributed by atoms with Crippen LogP contribution in [0.5, 0.6) is 0 Å². The van der Waals surface area contributed by atoms with Crippen LogP contribution in [0.3, 0.4) is 0 Å². The molecule has 1 aliphatic rings. The molecule has 0 radical (unpaired) electrons. The summed E-state index contributed by atoms with van der Waals surface area (Å²) in [5.41, 5.74) is 2.07. The average molecular weight is 295 g/mol. The molecule has 1 aromatic heterocycles. The number of alkyl carbamates (subject to hydrolysis) is 1. The molecule has 2 N–H and O–H groups in total. The molecule has 0 spiro atoms. The van der Waals surface area contributed by atoms with Gasteiger partial charge in [-0.05, 0) is 50.1 Å². The number of carbonyl (C=O) groups excluding carboxylic acids is 1. The Morgan fingerprint density at radius 1 is 1.52 bits per heavy atom. The van der Waals surface area contributed by atoms with Gasteiger partial charge in [-0.2, -0.15) is 0 Å². The fourth-order valence-electron chi connectivity index (χ4n) is 2.50. The van der Waals surface area contributed by atoms with Crippen molar-refractivity contribution in [1.29, 1.82) is 0 Å². The summed E-state index contributed by atoms with van der Waals surface area (Å²) < 4.78 is 65.4. The molecule has 1 amide bonds. The number of amides is 1. The van der Waals surface area contributed by atoms with Crippen molar-refractivity contribution < 1.29 is 20.6 Å². The lowest BCUT2D eigenvalue weighted by Gasteiger charge is -2.09. The van der Waals surface area contributed by atoms with E-state index in [0.717, 1.165) is 15.9 Å². The van der Waals surface area contributed by atoms with Gasteiger partial charge in [0.05, 0.1) is 6.04 Å². The third-order valence-corrected chi connectivity index (χ3v) is 3.53. The maximum atomic E-state index is 11.3. The predicted octanol–water partition coefficient (Wildman–Crippen LogP) is 1.92. The molecule has 2 aromatic rings. The Morgan fingerprint density at radius 2 is 2.43 bits per heavy atom. The third kappa shape index (κ3) is 3.19. The second kappa shape index (κ2) is 5.77. The Morgan fingerprint density at radius 3 is 3.19 bits per heavy atom. The van der Waals surface area contributed by atoms with Crippen molar-refractivity contribution in [1.82, 2.24) is 15.2 Å². The molecule has 112 valence electrons. The molecule has 1 saturated heterocycles. The van der Waals surface area contributed by atoms with Gasteiger partial charge in [0.15, 0.2) is 2.82 Å². The number of nitrogens with one attached hydrogen (secondary N) is 2. The Hall–Kier alpha value is -2.01. The van der Waals surface area contributed by atoms with Crippen LogP contribution in [0.4, 0.5) is 4.79 Å². The minimum Gasteiger partial charge on any atom is -0.447 e. The summed E-state index contributed by atoms with van der Waals surface area (Å²) in [5.74, 6) is 0. The number of hydrogen-bond donors (Lipinski definition) is 2. The summed E-state index contributed by atoms with van der Waals surface area (Å²) in [6, 6.07) is 4.94. The van der Waals surface area contributed by atoms with Crippen LogP contribution < -0.4 is 5.31 Å². The second-order valence-electron chi connectivity index (χ2n) is 5.10. The standard InChI is InChI=1S/C16H21N3O2/c1-19(2)6-5-12-9-17-15-4-3-11(8-14(12)15)7-13-10-21-16(20)18-13/h3-4,8-9,13,17H,5-7,10H2,1-2H3,(H,18,20)/t13-/m0/s1/i1D3,2D3/hD2. The van der Waals surface area contributed by atoms with Crippen molar-refractivity contribution in [2.45, 2.75) is 18.9 Å². The number of aromatic amines is 1. The maximum Gasteiger partial charge on any atom is 0.407 e. The SMILES string of the molecule is [2H]N1C(=O)OC[C@@H]1Cc1ccc2c(c1)c(CCN(C([2H])([2H])[2H])C([2H])([2H])[2H])cn2[2H]. The van der Waals surface area contributed by atoms with E-state index in [9.17, 15) is 4.79 Å². The molecular formula is C16H21N3O2. The van der Waals surface area contributed by atoms with E-state index in [2.05, 4.69) is 0 Å². The van der Waals surface area contributed by atoms with E-state index < -0.39 is 26.1 Å². The number of hydrogen-bond acceptors (Lipinski definition) is 3. The lowest BCUT2D eigenvalue weighted by Crippen LogP contribution is -2.28. The van der Waals surface area contributed by atoms with Crippen molar-refractivity contribution in [2.24, 2.45) is 0 Å². The van der Waals surface area contributed by atoms with Crippen LogP contribution >= 0.6 is 0 Å². The number of ether oxygens (including phenoxy) is 1. The van der Waals surface area contributed by atoms with Gasteiger partial charge in [0.1, 0.15) is 6.61 Å². The first-order valence-electron chi connectivity index (χ1n) is 10.6. The van der Waals surface area contributed by atoms with Gasteiger partial charge >= 0.3 is 6.09 Å². The van der Waals surface area contributed by atoms with E-state index in [1.165, 1.54) is 6.20 Å². The van der Waals surface area contributed by atoms with Crippen LogP contribution in [-0.2, 0) is 17.6 Å². The topological polar surface area (TPSA) is 57.4 Å². The predicted molar refractivity (Wildman–Crippen MR) is 82.5 cm³/mol. The first kappa shape index (κ1) is 7.31. The van der Waals surface area contributed by atoms with Crippen molar-refractivity contribution in [3.05, 3.63) is 35.5 Å². The van der Waals surface area contributed by atoms with Gasteiger partial charge < -0.3 is 19.9 Å². The van der Waals surface area contributed by atoms with Crippen LogP contribution in [0.1, 0.15) is 19.4 Å². The monoisotopic (exact) mass is 295 g/mol. The first-order valence-corrected chi connectivity index (χ1v) is 6.72. The summed E-state index contributed by atoms with van der Waals surface area (Å²) in [6.45, 7) is -5.62. The van der Waals surface area contributed by atoms with Crippen molar-refractivity contribution in [3.63, 3.8) is 0 Å². The largest absolute Gasteiger partial charge is 0.447 e. The maximum absolute atomic E-state index is 11.3. The number of rotatable bonds is 5. The third-order valence-electron chi connectivity index (χ3n) is 3.53. The fourth-order valence-corrected chi connectivity index (χ4v) is 2.50. The molecule has 5 nitrogen and oxygen atoms in total. The highest BCUT2D eigenvalue weighted by Crippen LogP contribution is 2.21. The molecule has 2 heterocycles. The Balaban J connectivity index is 1.84. The first-order chi connectivity index (χ1) is 13.4. The molecule has 0 aliphatic carbocycles. The summed E-state index contributed by atoms with van der Waals surface area (Å²) in [7, 11) is 0. The van der Waals surface area contributed by atoms with Gasteiger partial charge in [-0.3, -0.25) is 0 Å². The highest BCUT2D eigenvalue weighted by atomic mass is 16.6. The fraction of sp³-hybridized carbons (Fsp3) is 0.438. The molecule has 1 aromatic carbocycles. The highest BCUT2D eigenvalue weighted by Gasteiger charge is 2.22. The van der Waals surface area contributed by atoms with Crippen molar-refractivity contribution in [2.75, 3.05) is 27.1 Å². The number of benzene rings is 1. The van der Waals surface area contributed by atoms with Crippen LogP contribution in [0.15, 0.2) is 24.4 Å².